The molecule has 2 fully saturated rings. The van der Waals surface area contributed by atoms with Gasteiger partial charge in [-0.25, -0.2) is 0 Å². The topological polar surface area (TPSA) is 40.6 Å². The van der Waals surface area contributed by atoms with Crippen molar-refractivity contribution in [3.63, 3.8) is 0 Å². The SMILES string of the molecule is O=C(c1ccccc1)N1CCCN(C(=O)C2(c3ccc(Cl)cc3)CCCC2)CC1. The minimum Gasteiger partial charge on any atom is -0.340 e. The lowest BCUT2D eigenvalue weighted by Gasteiger charge is -2.34. The predicted octanol–water partition coefficient (Wildman–Crippen LogP) is 4.53. The molecule has 2 aromatic carbocycles. The van der Waals surface area contributed by atoms with Gasteiger partial charge in [-0.15, -0.1) is 0 Å². The molecule has 0 spiro atoms. The maximum absolute atomic E-state index is 13.7. The quantitative estimate of drug-likeness (QED) is 0.746. The van der Waals surface area contributed by atoms with E-state index in [2.05, 4.69) is 0 Å². The summed E-state index contributed by atoms with van der Waals surface area (Å²) in [7, 11) is 0. The van der Waals surface area contributed by atoms with Crippen LogP contribution in [0.1, 0.15) is 48.0 Å². The molecule has 0 N–H and O–H groups in total. The molecule has 1 saturated carbocycles. The van der Waals surface area contributed by atoms with Crippen LogP contribution in [0.3, 0.4) is 0 Å². The number of benzene rings is 2. The van der Waals surface area contributed by atoms with E-state index in [0.29, 0.717) is 36.8 Å². The van der Waals surface area contributed by atoms with Gasteiger partial charge in [0.25, 0.3) is 5.91 Å². The van der Waals surface area contributed by atoms with E-state index >= 15 is 0 Å². The maximum Gasteiger partial charge on any atom is 0.253 e. The minimum absolute atomic E-state index is 0.0492. The number of nitrogens with zero attached hydrogens (tertiary/aromatic N) is 2. The van der Waals surface area contributed by atoms with E-state index in [1.807, 2.05) is 64.4 Å². The predicted molar refractivity (Wildman–Crippen MR) is 115 cm³/mol. The van der Waals surface area contributed by atoms with E-state index in [1.54, 1.807) is 0 Å². The van der Waals surface area contributed by atoms with Gasteiger partial charge in [-0.3, -0.25) is 9.59 Å². The molecule has 0 radical (unpaired) electrons. The summed E-state index contributed by atoms with van der Waals surface area (Å²) >= 11 is 6.08. The fourth-order valence-corrected chi connectivity index (χ4v) is 4.89. The molecule has 5 heteroatoms. The first-order valence-electron chi connectivity index (χ1n) is 10.5. The molecule has 0 atom stereocenters. The van der Waals surface area contributed by atoms with Crippen molar-refractivity contribution in [1.29, 1.82) is 0 Å². The van der Waals surface area contributed by atoms with Crippen LogP contribution in [0.15, 0.2) is 54.6 Å². The Morgan fingerprint density at radius 3 is 2.07 bits per heavy atom. The van der Waals surface area contributed by atoms with Crippen LogP contribution < -0.4 is 0 Å². The zero-order valence-corrected chi connectivity index (χ0v) is 17.4. The highest BCUT2D eigenvalue weighted by Crippen LogP contribution is 2.43. The van der Waals surface area contributed by atoms with Crippen molar-refractivity contribution >= 4 is 23.4 Å². The van der Waals surface area contributed by atoms with Gasteiger partial charge >= 0.3 is 0 Å². The van der Waals surface area contributed by atoms with Gasteiger partial charge in [0.15, 0.2) is 0 Å². The second-order valence-electron chi connectivity index (χ2n) is 8.10. The summed E-state index contributed by atoms with van der Waals surface area (Å²) in [5.74, 6) is 0.263. The zero-order valence-electron chi connectivity index (χ0n) is 16.6. The number of amides is 2. The molecule has 2 aromatic rings. The standard InChI is InChI=1S/C24H27ClN2O2/c25-21-11-9-20(10-12-21)24(13-4-5-14-24)23(29)27-16-6-15-26(17-18-27)22(28)19-7-2-1-3-8-19/h1-3,7-12H,4-6,13-18H2. The van der Waals surface area contributed by atoms with Crippen LogP contribution in [-0.4, -0.2) is 47.8 Å². The molecule has 4 rings (SSSR count). The van der Waals surface area contributed by atoms with Crippen LogP contribution >= 0.6 is 11.6 Å². The molecule has 0 unspecified atom stereocenters. The Bertz CT molecular complexity index is 860. The van der Waals surface area contributed by atoms with Gasteiger partial charge in [0.2, 0.25) is 5.91 Å². The third-order valence-corrected chi connectivity index (χ3v) is 6.61. The van der Waals surface area contributed by atoms with Crippen molar-refractivity contribution in [3.8, 4) is 0 Å². The number of hydrogen-bond donors (Lipinski definition) is 0. The molecule has 2 aliphatic rings. The summed E-state index contributed by atoms with van der Waals surface area (Å²) in [5.41, 5.74) is 1.34. The molecule has 152 valence electrons. The Morgan fingerprint density at radius 1 is 0.759 bits per heavy atom. The molecular weight excluding hydrogens is 384 g/mol. The third kappa shape index (κ3) is 4.04. The Labute approximate surface area is 177 Å². The summed E-state index contributed by atoms with van der Waals surface area (Å²) in [6.45, 7) is 2.56. The van der Waals surface area contributed by atoms with Gasteiger partial charge in [0.1, 0.15) is 0 Å². The fraction of sp³-hybridized carbons (Fsp3) is 0.417. The first-order valence-corrected chi connectivity index (χ1v) is 10.9. The molecule has 4 nitrogen and oxygen atoms in total. The molecule has 1 aliphatic heterocycles. The van der Waals surface area contributed by atoms with Crippen LogP contribution in [0.25, 0.3) is 0 Å². The van der Waals surface area contributed by atoms with Crippen LogP contribution in [0.2, 0.25) is 5.02 Å². The lowest BCUT2D eigenvalue weighted by atomic mass is 9.77. The molecule has 0 bridgehead atoms. The summed E-state index contributed by atoms with van der Waals surface area (Å²) in [6.07, 6.45) is 4.72. The Kier molecular flexibility index (Phi) is 5.91. The monoisotopic (exact) mass is 410 g/mol. The smallest absolute Gasteiger partial charge is 0.253 e. The van der Waals surface area contributed by atoms with E-state index in [4.69, 9.17) is 11.6 Å². The summed E-state index contributed by atoms with van der Waals surface area (Å²) < 4.78 is 0. The van der Waals surface area contributed by atoms with E-state index < -0.39 is 5.41 Å². The van der Waals surface area contributed by atoms with Crippen LogP contribution in [0, 0.1) is 0 Å². The summed E-state index contributed by atoms with van der Waals surface area (Å²) in [6, 6.07) is 17.2. The lowest BCUT2D eigenvalue weighted by Crippen LogP contribution is -2.47. The van der Waals surface area contributed by atoms with Gasteiger partial charge in [-0.2, -0.15) is 0 Å². The normalized spacial score (nSPS) is 19.1. The van der Waals surface area contributed by atoms with E-state index in [9.17, 15) is 9.59 Å². The molecule has 29 heavy (non-hydrogen) atoms. The first-order chi connectivity index (χ1) is 14.1. The molecule has 0 aromatic heterocycles. The van der Waals surface area contributed by atoms with Gasteiger partial charge in [0, 0.05) is 36.8 Å². The number of carbonyl (C=O) groups excluding carboxylic acids is 2. The van der Waals surface area contributed by atoms with Crippen molar-refractivity contribution in [2.75, 3.05) is 26.2 Å². The average Bonchev–Trinajstić information content (AvgIpc) is 3.13. The second kappa shape index (κ2) is 8.58. The maximum atomic E-state index is 13.7. The number of rotatable bonds is 3. The largest absolute Gasteiger partial charge is 0.340 e. The van der Waals surface area contributed by atoms with E-state index in [-0.39, 0.29) is 11.8 Å². The number of hydrogen-bond acceptors (Lipinski definition) is 2. The Hall–Kier alpha value is -2.33. The van der Waals surface area contributed by atoms with E-state index in [1.165, 1.54) is 0 Å². The molecule has 2 amide bonds. The number of halogens is 1. The van der Waals surface area contributed by atoms with Crippen molar-refractivity contribution in [1.82, 2.24) is 9.80 Å². The van der Waals surface area contributed by atoms with E-state index in [0.717, 1.165) is 37.7 Å². The van der Waals surface area contributed by atoms with Crippen molar-refractivity contribution < 1.29 is 9.59 Å². The van der Waals surface area contributed by atoms with Crippen molar-refractivity contribution in [2.24, 2.45) is 0 Å². The summed E-state index contributed by atoms with van der Waals surface area (Å²) in [5, 5.41) is 0.694. The zero-order chi connectivity index (χ0) is 20.3. The Morgan fingerprint density at radius 2 is 1.38 bits per heavy atom. The molecular formula is C24H27ClN2O2. The first kappa shape index (κ1) is 20.0. The Balaban J connectivity index is 1.50. The minimum atomic E-state index is -0.441. The van der Waals surface area contributed by atoms with Crippen molar-refractivity contribution in [3.05, 3.63) is 70.7 Å². The van der Waals surface area contributed by atoms with Crippen LogP contribution in [0.5, 0.6) is 0 Å². The summed E-state index contributed by atoms with van der Waals surface area (Å²) in [4.78, 5) is 30.4. The third-order valence-electron chi connectivity index (χ3n) is 6.35. The fourth-order valence-electron chi connectivity index (χ4n) is 4.76. The highest BCUT2D eigenvalue weighted by Gasteiger charge is 2.45. The van der Waals surface area contributed by atoms with Gasteiger partial charge in [0.05, 0.1) is 5.41 Å². The molecule has 1 aliphatic carbocycles. The average molecular weight is 411 g/mol. The lowest BCUT2D eigenvalue weighted by molar-refractivity contribution is -0.137. The number of carbonyl (C=O) groups is 2. The van der Waals surface area contributed by atoms with Gasteiger partial charge < -0.3 is 9.80 Å². The van der Waals surface area contributed by atoms with Gasteiger partial charge in [-0.05, 0) is 49.1 Å². The molecule has 1 saturated heterocycles. The van der Waals surface area contributed by atoms with Crippen LogP contribution in [-0.2, 0) is 10.2 Å². The molecule has 1 heterocycles. The van der Waals surface area contributed by atoms with Crippen LogP contribution in [0.4, 0.5) is 0 Å². The van der Waals surface area contributed by atoms with Crippen molar-refractivity contribution in [2.45, 2.75) is 37.5 Å². The highest BCUT2D eigenvalue weighted by atomic mass is 35.5. The van der Waals surface area contributed by atoms with Gasteiger partial charge in [-0.1, -0.05) is 54.8 Å². The second-order valence-corrected chi connectivity index (χ2v) is 8.54. The highest BCUT2D eigenvalue weighted by molar-refractivity contribution is 6.30.